The van der Waals surface area contributed by atoms with Crippen molar-refractivity contribution in [3.8, 4) is 5.82 Å². The molecule has 0 fully saturated rings. The van der Waals surface area contributed by atoms with Crippen LogP contribution in [0.2, 0.25) is 0 Å². The van der Waals surface area contributed by atoms with E-state index in [0.717, 1.165) is 17.7 Å². The van der Waals surface area contributed by atoms with Gasteiger partial charge in [-0.05, 0) is 24.6 Å². The van der Waals surface area contributed by atoms with E-state index in [9.17, 15) is 13.2 Å². The van der Waals surface area contributed by atoms with Crippen LogP contribution in [0, 0.1) is 6.92 Å². The number of aromatic nitrogens is 3. The van der Waals surface area contributed by atoms with Crippen LogP contribution in [-0.2, 0) is 6.18 Å². The Balaban J connectivity index is 2.52. The first-order chi connectivity index (χ1) is 7.86. The molecule has 2 rings (SSSR count). The normalized spacial score (nSPS) is 11.8. The van der Waals surface area contributed by atoms with Gasteiger partial charge in [0.15, 0.2) is 5.82 Å². The number of anilines is 1. The maximum Gasteiger partial charge on any atom is 0.416 e. The average Bonchev–Trinajstić information content (AvgIpc) is 2.62. The number of hydrogen-bond acceptors (Lipinski definition) is 3. The van der Waals surface area contributed by atoms with Crippen LogP contribution in [0.5, 0.6) is 0 Å². The molecule has 4 nitrogen and oxygen atoms in total. The van der Waals surface area contributed by atoms with Gasteiger partial charge in [0.2, 0.25) is 0 Å². The second-order valence-corrected chi connectivity index (χ2v) is 3.60. The molecule has 2 aromatic rings. The van der Waals surface area contributed by atoms with Crippen LogP contribution in [0.25, 0.3) is 5.82 Å². The SMILES string of the molecule is Cc1cnn(-c2cc(C(F)(F)F)cc(N)n2)c1. The molecule has 0 aromatic carbocycles. The van der Waals surface area contributed by atoms with E-state index in [0.29, 0.717) is 0 Å². The first-order valence-corrected chi connectivity index (χ1v) is 4.72. The highest BCUT2D eigenvalue weighted by Crippen LogP contribution is 2.30. The first kappa shape index (κ1) is 11.4. The number of halogens is 3. The van der Waals surface area contributed by atoms with Crippen LogP contribution in [0.15, 0.2) is 24.5 Å². The van der Waals surface area contributed by atoms with E-state index in [1.54, 1.807) is 13.1 Å². The maximum atomic E-state index is 12.6. The van der Waals surface area contributed by atoms with E-state index in [2.05, 4.69) is 10.1 Å². The quantitative estimate of drug-likeness (QED) is 0.833. The third-order valence-electron chi connectivity index (χ3n) is 2.11. The van der Waals surface area contributed by atoms with Crippen LogP contribution >= 0.6 is 0 Å². The van der Waals surface area contributed by atoms with Crippen molar-refractivity contribution in [3.05, 3.63) is 35.7 Å². The summed E-state index contributed by atoms with van der Waals surface area (Å²) in [6.45, 7) is 1.78. The van der Waals surface area contributed by atoms with Gasteiger partial charge in [-0.2, -0.15) is 18.3 Å². The zero-order valence-corrected chi connectivity index (χ0v) is 8.86. The average molecular weight is 242 g/mol. The summed E-state index contributed by atoms with van der Waals surface area (Å²) in [5, 5.41) is 3.88. The van der Waals surface area contributed by atoms with Crippen molar-refractivity contribution in [2.45, 2.75) is 13.1 Å². The lowest BCUT2D eigenvalue weighted by molar-refractivity contribution is -0.137. The molecule has 90 valence electrons. The van der Waals surface area contributed by atoms with Gasteiger partial charge in [-0.3, -0.25) is 0 Å². The molecule has 0 amide bonds. The standard InChI is InChI=1S/C10H9F3N4/c1-6-4-15-17(5-6)9-3-7(10(11,12)13)2-8(14)16-9/h2-5H,1H3,(H2,14,16). The topological polar surface area (TPSA) is 56.7 Å². The van der Waals surface area contributed by atoms with Crippen LogP contribution in [-0.4, -0.2) is 14.8 Å². The monoisotopic (exact) mass is 242 g/mol. The van der Waals surface area contributed by atoms with Gasteiger partial charge in [0, 0.05) is 6.20 Å². The van der Waals surface area contributed by atoms with Crippen LogP contribution < -0.4 is 5.73 Å². The molecule has 0 aliphatic carbocycles. The number of pyridine rings is 1. The predicted molar refractivity (Wildman–Crippen MR) is 55.5 cm³/mol. The van der Waals surface area contributed by atoms with E-state index in [4.69, 9.17) is 5.73 Å². The molecule has 0 radical (unpaired) electrons. The number of nitrogens with two attached hydrogens (primary N) is 1. The molecule has 0 unspecified atom stereocenters. The largest absolute Gasteiger partial charge is 0.416 e. The lowest BCUT2D eigenvalue weighted by Crippen LogP contribution is -2.09. The fourth-order valence-electron chi connectivity index (χ4n) is 1.36. The van der Waals surface area contributed by atoms with Gasteiger partial charge in [0.05, 0.1) is 11.8 Å². The summed E-state index contributed by atoms with van der Waals surface area (Å²) < 4.78 is 38.9. The summed E-state index contributed by atoms with van der Waals surface area (Å²) in [5.41, 5.74) is 5.33. The molecular formula is C10H9F3N4. The van der Waals surface area contributed by atoms with Crippen molar-refractivity contribution >= 4 is 5.82 Å². The molecule has 0 bridgehead atoms. The van der Waals surface area contributed by atoms with Gasteiger partial charge in [0.25, 0.3) is 0 Å². The molecule has 2 aromatic heterocycles. The van der Waals surface area contributed by atoms with E-state index < -0.39 is 11.7 Å². The second kappa shape index (κ2) is 3.76. The molecule has 0 saturated carbocycles. The predicted octanol–water partition coefficient (Wildman–Crippen LogP) is 2.18. The molecule has 2 heterocycles. The Hall–Kier alpha value is -2.05. The number of alkyl halides is 3. The van der Waals surface area contributed by atoms with Crippen LogP contribution in [0.3, 0.4) is 0 Å². The van der Waals surface area contributed by atoms with Gasteiger partial charge < -0.3 is 5.73 Å². The fraction of sp³-hybridized carbons (Fsp3) is 0.200. The molecule has 2 N–H and O–H groups in total. The lowest BCUT2D eigenvalue weighted by Gasteiger charge is -2.09. The Morgan fingerprint density at radius 2 is 2.00 bits per heavy atom. The van der Waals surface area contributed by atoms with E-state index in [1.165, 1.54) is 10.9 Å². The number of rotatable bonds is 1. The van der Waals surface area contributed by atoms with Crippen molar-refractivity contribution in [1.82, 2.24) is 14.8 Å². The molecular weight excluding hydrogens is 233 g/mol. The van der Waals surface area contributed by atoms with E-state index >= 15 is 0 Å². The van der Waals surface area contributed by atoms with Crippen molar-refractivity contribution in [2.24, 2.45) is 0 Å². The minimum atomic E-state index is -4.45. The van der Waals surface area contributed by atoms with Gasteiger partial charge in [-0.15, -0.1) is 0 Å². The third-order valence-corrected chi connectivity index (χ3v) is 2.11. The lowest BCUT2D eigenvalue weighted by atomic mass is 10.2. The van der Waals surface area contributed by atoms with Crippen molar-refractivity contribution in [2.75, 3.05) is 5.73 Å². The van der Waals surface area contributed by atoms with Crippen molar-refractivity contribution in [3.63, 3.8) is 0 Å². The number of nitrogen functional groups attached to an aromatic ring is 1. The Bertz CT molecular complexity index is 545. The molecule has 0 aliphatic heterocycles. The number of hydrogen-bond donors (Lipinski definition) is 1. The fourth-order valence-corrected chi connectivity index (χ4v) is 1.36. The number of nitrogens with zero attached hydrogens (tertiary/aromatic N) is 3. The Morgan fingerprint density at radius 1 is 1.29 bits per heavy atom. The van der Waals surface area contributed by atoms with Crippen LogP contribution in [0.1, 0.15) is 11.1 Å². The van der Waals surface area contributed by atoms with Crippen LogP contribution in [0.4, 0.5) is 19.0 Å². The molecule has 7 heteroatoms. The summed E-state index contributed by atoms with van der Waals surface area (Å²) in [4.78, 5) is 3.81. The molecule has 0 aliphatic rings. The van der Waals surface area contributed by atoms with Gasteiger partial charge in [0.1, 0.15) is 5.82 Å². The highest BCUT2D eigenvalue weighted by atomic mass is 19.4. The molecule has 17 heavy (non-hydrogen) atoms. The highest BCUT2D eigenvalue weighted by Gasteiger charge is 2.31. The molecule has 0 saturated heterocycles. The minimum absolute atomic E-state index is 0.0467. The first-order valence-electron chi connectivity index (χ1n) is 4.72. The maximum absolute atomic E-state index is 12.6. The molecule has 0 atom stereocenters. The summed E-state index contributed by atoms with van der Waals surface area (Å²) >= 11 is 0. The summed E-state index contributed by atoms with van der Waals surface area (Å²) in [5.74, 6) is -0.145. The minimum Gasteiger partial charge on any atom is -0.384 e. The van der Waals surface area contributed by atoms with Gasteiger partial charge in [-0.25, -0.2) is 9.67 Å². The third kappa shape index (κ3) is 2.38. The Morgan fingerprint density at radius 3 is 2.53 bits per heavy atom. The van der Waals surface area contributed by atoms with E-state index in [-0.39, 0.29) is 11.6 Å². The van der Waals surface area contributed by atoms with Crippen molar-refractivity contribution < 1.29 is 13.2 Å². The zero-order chi connectivity index (χ0) is 12.6. The summed E-state index contributed by atoms with van der Waals surface area (Å²) in [6.07, 6.45) is -1.35. The van der Waals surface area contributed by atoms with Crippen molar-refractivity contribution in [1.29, 1.82) is 0 Å². The van der Waals surface area contributed by atoms with Gasteiger partial charge >= 0.3 is 6.18 Å². The Kier molecular flexibility index (Phi) is 2.53. The number of aryl methyl sites for hydroxylation is 1. The van der Waals surface area contributed by atoms with E-state index in [1.807, 2.05) is 0 Å². The second-order valence-electron chi connectivity index (χ2n) is 3.60. The zero-order valence-electron chi connectivity index (χ0n) is 8.86. The highest BCUT2D eigenvalue weighted by molar-refractivity contribution is 5.41. The van der Waals surface area contributed by atoms with Gasteiger partial charge in [-0.1, -0.05) is 0 Å². The smallest absolute Gasteiger partial charge is 0.384 e. The molecule has 0 spiro atoms. The Labute approximate surface area is 94.9 Å². The summed E-state index contributed by atoms with van der Waals surface area (Å²) in [7, 11) is 0. The summed E-state index contributed by atoms with van der Waals surface area (Å²) in [6, 6.07) is 1.70.